The summed E-state index contributed by atoms with van der Waals surface area (Å²) < 4.78 is 0. The number of quaternary nitrogens is 1. The van der Waals surface area contributed by atoms with Crippen molar-refractivity contribution in [3.63, 3.8) is 0 Å². The van der Waals surface area contributed by atoms with Gasteiger partial charge in [-0.05, 0) is 19.3 Å². The smallest absolute Gasteiger partial charge is 0.185 e. The second-order valence-corrected chi connectivity index (χ2v) is 7.79. The van der Waals surface area contributed by atoms with Gasteiger partial charge in [0.25, 0.3) is 0 Å². The number of carbonyl (C=O) groups is 1. The molecule has 23 heavy (non-hydrogen) atoms. The molecule has 136 valence electrons. The van der Waals surface area contributed by atoms with Crippen molar-refractivity contribution in [2.24, 2.45) is 0 Å². The molecule has 0 saturated carbocycles. The van der Waals surface area contributed by atoms with E-state index in [4.69, 9.17) is 0 Å². The first-order chi connectivity index (χ1) is 10.7. The zero-order valence-electron chi connectivity index (χ0n) is 15.0. The van der Waals surface area contributed by atoms with Crippen molar-refractivity contribution >= 4 is 16.9 Å². The number of hydrogen-bond acceptors (Lipinski definition) is 3. The molecule has 1 unspecified atom stereocenters. The van der Waals surface area contributed by atoms with Crippen LogP contribution in [0.15, 0.2) is 12.4 Å². The molecule has 0 saturated heterocycles. The van der Waals surface area contributed by atoms with Gasteiger partial charge in [0, 0.05) is 19.7 Å². The molecule has 5 heteroatoms. The van der Waals surface area contributed by atoms with Crippen molar-refractivity contribution in [1.82, 2.24) is 4.90 Å². The summed E-state index contributed by atoms with van der Waals surface area (Å²) in [6, 6.07) is 0. The van der Waals surface area contributed by atoms with Gasteiger partial charge >= 0.3 is 0 Å². The summed E-state index contributed by atoms with van der Waals surface area (Å²) in [6.45, 7) is 4.09. The Labute approximate surface area is 158 Å². The third kappa shape index (κ3) is 14.1. The van der Waals surface area contributed by atoms with Gasteiger partial charge in [0.05, 0.1) is 12.7 Å². The number of hydrogen-bond donors (Lipinski definition) is 1. The minimum absolute atomic E-state index is 0. The van der Waals surface area contributed by atoms with Crippen LogP contribution in [-0.4, -0.2) is 36.0 Å². The monoisotopic (exact) mass is 406 g/mol. The number of unbranched alkanes of at least 4 members (excludes halogenated alkanes) is 9. The quantitative estimate of drug-likeness (QED) is 0.449. The summed E-state index contributed by atoms with van der Waals surface area (Å²) >= 11 is 1.47. The lowest BCUT2D eigenvalue weighted by molar-refractivity contribution is -0.848. The van der Waals surface area contributed by atoms with Crippen molar-refractivity contribution in [3.05, 3.63) is 12.4 Å². The Morgan fingerprint density at radius 2 is 1.52 bits per heavy atom. The average molecular weight is 407 g/mol. The van der Waals surface area contributed by atoms with Gasteiger partial charge < -0.3 is 21.9 Å². The first-order valence-corrected chi connectivity index (χ1v) is 10.0. The van der Waals surface area contributed by atoms with E-state index in [2.05, 4.69) is 24.3 Å². The highest BCUT2D eigenvalue weighted by molar-refractivity contribution is 8.13. The zero-order chi connectivity index (χ0) is 16.0. The number of nitrogens with zero attached hydrogens (tertiary/aromatic N) is 1. The summed E-state index contributed by atoms with van der Waals surface area (Å²) in [7, 11) is 2.14. The lowest BCUT2D eigenvalue weighted by atomic mass is 10.1. The molecular formula is C18H35BrN2OS. The number of thioether (sulfide) groups is 1. The predicted molar refractivity (Wildman–Crippen MR) is 96.9 cm³/mol. The molecule has 0 aromatic rings. The SMILES string of the molecule is CC(=O)SCCCCCCCCCCCC[NH+]1C=CN(C)C1.[Br-]. The number of carbonyl (C=O) groups excluding carboxylic acids is 1. The van der Waals surface area contributed by atoms with Gasteiger partial charge in [0.2, 0.25) is 0 Å². The predicted octanol–water partition coefficient (Wildman–Crippen LogP) is 0.430. The average Bonchev–Trinajstić information content (AvgIpc) is 2.89. The standard InChI is InChI=1S/C18H34N2OS.BrH/c1-18(21)22-16-12-10-8-6-4-3-5-7-9-11-13-20-15-14-19(2)17-20;/h14-15H,3-13,16-17H2,1-2H3;1H. The van der Waals surface area contributed by atoms with E-state index in [1.165, 1.54) is 82.5 Å². The van der Waals surface area contributed by atoms with Gasteiger partial charge in [-0.3, -0.25) is 9.69 Å². The fourth-order valence-electron chi connectivity index (χ4n) is 2.91. The number of nitrogens with one attached hydrogen (secondary N) is 1. The van der Waals surface area contributed by atoms with Gasteiger partial charge in [-0.2, -0.15) is 0 Å². The van der Waals surface area contributed by atoms with Crippen LogP contribution < -0.4 is 21.9 Å². The summed E-state index contributed by atoms with van der Waals surface area (Å²) in [6.07, 6.45) is 18.1. The molecule has 0 amide bonds. The normalized spacial score (nSPS) is 16.6. The molecule has 0 aromatic carbocycles. The lowest BCUT2D eigenvalue weighted by Crippen LogP contribution is -3.07. The maximum absolute atomic E-state index is 10.8. The highest BCUT2D eigenvalue weighted by atomic mass is 79.9. The van der Waals surface area contributed by atoms with Crippen LogP contribution >= 0.6 is 11.8 Å². The minimum atomic E-state index is 0. The van der Waals surface area contributed by atoms with E-state index < -0.39 is 0 Å². The summed E-state index contributed by atoms with van der Waals surface area (Å²) in [5.74, 6) is 1.01. The van der Waals surface area contributed by atoms with E-state index in [1.54, 1.807) is 11.8 Å². The Bertz CT molecular complexity index is 326. The van der Waals surface area contributed by atoms with Gasteiger partial charge in [0.1, 0.15) is 6.20 Å². The van der Waals surface area contributed by atoms with Crippen LogP contribution in [0, 0.1) is 0 Å². The maximum Gasteiger partial charge on any atom is 0.185 e. The van der Waals surface area contributed by atoms with Crippen LogP contribution in [-0.2, 0) is 4.79 Å². The van der Waals surface area contributed by atoms with E-state index in [1.807, 2.05) is 0 Å². The first kappa shape index (κ1) is 23.0. The molecule has 0 bridgehead atoms. The summed E-state index contributed by atoms with van der Waals surface area (Å²) in [5.41, 5.74) is 0. The van der Waals surface area contributed by atoms with Crippen molar-refractivity contribution in [1.29, 1.82) is 0 Å². The summed E-state index contributed by atoms with van der Waals surface area (Å²) in [4.78, 5) is 14.6. The zero-order valence-corrected chi connectivity index (χ0v) is 17.4. The first-order valence-electron chi connectivity index (χ1n) is 9.05. The molecule has 0 spiro atoms. The molecule has 1 aliphatic heterocycles. The Morgan fingerprint density at radius 1 is 1.00 bits per heavy atom. The molecule has 0 radical (unpaired) electrons. The molecule has 3 nitrogen and oxygen atoms in total. The fourth-order valence-corrected chi connectivity index (χ4v) is 3.54. The summed E-state index contributed by atoms with van der Waals surface area (Å²) in [5, 5.41) is 0.259. The van der Waals surface area contributed by atoms with Gasteiger partial charge in [-0.15, -0.1) is 0 Å². The van der Waals surface area contributed by atoms with E-state index in [0.29, 0.717) is 0 Å². The van der Waals surface area contributed by atoms with E-state index in [0.717, 1.165) is 12.4 Å². The third-order valence-electron chi connectivity index (χ3n) is 4.21. The molecule has 1 atom stereocenters. The third-order valence-corrected chi connectivity index (χ3v) is 5.11. The van der Waals surface area contributed by atoms with Crippen LogP contribution in [0.25, 0.3) is 0 Å². The highest BCUT2D eigenvalue weighted by Gasteiger charge is 2.12. The Kier molecular flexibility index (Phi) is 15.5. The van der Waals surface area contributed by atoms with E-state index in [9.17, 15) is 4.79 Å². The fraction of sp³-hybridized carbons (Fsp3) is 0.833. The van der Waals surface area contributed by atoms with Crippen LogP contribution in [0.3, 0.4) is 0 Å². The molecule has 1 N–H and O–H groups in total. The second kappa shape index (κ2) is 15.5. The van der Waals surface area contributed by atoms with Crippen LogP contribution in [0.1, 0.15) is 71.1 Å². The van der Waals surface area contributed by atoms with Crippen LogP contribution in [0.2, 0.25) is 0 Å². The molecule has 1 rings (SSSR count). The minimum Gasteiger partial charge on any atom is -1.00 e. The maximum atomic E-state index is 10.8. The van der Waals surface area contributed by atoms with Gasteiger partial charge in [-0.25, -0.2) is 0 Å². The van der Waals surface area contributed by atoms with Crippen LogP contribution in [0.5, 0.6) is 0 Å². The van der Waals surface area contributed by atoms with E-state index >= 15 is 0 Å². The Morgan fingerprint density at radius 3 is 2.00 bits per heavy atom. The molecule has 0 aromatic heterocycles. The Hall–Kier alpha value is -0.0000000000000000555. The number of halogens is 1. The second-order valence-electron chi connectivity index (χ2n) is 6.51. The number of rotatable bonds is 13. The van der Waals surface area contributed by atoms with Gasteiger partial charge in [0.15, 0.2) is 11.8 Å². The molecular weight excluding hydrogens is 372 g/mol. The van der Waals surface area contributed by atoms with Crippen molar-refractivity contribution in [2.75, 3.05) is 26.0 Å². The van der Waals surface area contributed by atoms with E-state index in [-0.39, 0.29) is 22.1 Å². The topological polar surface area (TPSA) is 24.8 Å². The van der Waals surface area contributed by atoms with Crippen LogP contribution in [0.4, 0.5) is 0 Å². The largest absolute Gasteiger partial charge is 1.00 e. The molecule has 1 heterocycles. The van der Waals surface area contributed by atoms with Crippen molar-refractivity contribution in [3.8, 4) is 0 Å². The molecule has 0 aliphatic carbocycles. The molecule has 0 fully saturated rings. The molecule has 1 aliphatic rings. The van der Waals surface area contributed by atoms with Crippen molar-refractivity contribution < 1.29 is 26.7 Å². The Balaban J connectivity index is 0.00000484. The van der Waals surface area contributed by atoms with Gasteiger partial charge in [-0.1, -0.05) is 56.7 Å². The lowest BCUT2D eigenvalue weighted by Gasteiger charge is -2.12. The van der Waals surface area contributed by atoms with Crippen molar-refractivity contribution in [2.45, 2.75) is 71.1 Å². The highest BCUT2D eigenvalue weighted by Crippen LogP contribution is 2.12.